The van der Waals surface area contributed by atoms with E-state index in [0.29, 0.717) is 31.2 Å². The molecule has 0 aromatic carbocycles. The molecule has 2 aromatic heterocycles. The van der Waals surface area contributed by atoms with Gasteiger partial charge in [-0.1, -0.05) is 20.8 Å². The molecule has 124 valence electrons. The molecule has 1 aliphatic rings. The Balaban J connectivity index is 1.70. The van der Waals surface area contributed by atoms with Gasteiger partial charge in [0.05, 0.1) is 19.3 Å². The Morgan fingerprint density at radius 2 is 2.35 bits per heavy atom. The van der Waals surface area contributed by atoms with Crippen molar-refractivity contribution in [1.82, 2.24) is 30.0 Å². The average molecular weight is 318 g/mol. The van der Waals surface area contributed by atoms with Crippen LogP contribution in [0.4, 0.5) is 0 Å². The van der Waals surface area contributed by atoms with E-state index in [4.69, 9.17) is 4.74 Å². The molecule has 1 aliphatic heterocycles. The van der Waals surface area contributed by atoms with Crippen LogP contribution >= 0.6 is 0 Å². The van der Waals surface area contributed by atoms with Crippen molar-refractivity contribution in [2.45, 2.75) is 39.2 Å². The van der Waals surface area contributed by atoms with Crippen LogP contribution < -0.4 is 0 Å². The fourth-order valence-corrected chi connectivity index (χ4v) is 2.51. The maximum atomic E-state index is 12.6. The summed E-state index contributed by atoms with van der Waals surface area (Å²) in [5, 5.41) is 7.07. The van der Waals surface area contributed by atoms with Gasteiger partial charge in [0.15, 0.2) is 5.82 Å². The molecule has 0 spiro atoms. The van der Waals surface area contributed by atoms with E-state index in [9.17, 15) is 4.79 Å². The van der Waals surface area contributed by atoms with Crippen molar-refractivity contribution in [3.63, 3.8) is 0 Å². The van der Waals surface area contributed by atoms with Gasteiger partial charge in [-0.15, -0.1) is 0 Å². The second-order valence-electron chi connectivity index (χ2n) is 5.94. The summed E-state index contributed by atoms with van der Waals surface area (Å²) in [6.07, 6.45) is 2.09. The van der Waals surface area contributed by atoms with Crippen LogP contribution in [0.3, 0.4) is 0 Å². The van der Waals surface area contributed by atoms with Gasteiger partial charge in [0, 0.05) is 18.9 Å². The van der Waals surface area contributed by atoms with Crippen molar-refractivity contribution < 1.29 is 9.53 Å². The summed E-state index contributed by atoms with van der Waals surface area (Å²) < 4.78 is 5.72. The van der Waals surface area contributed by atoms with Crippen molar-refractivity contribution in [1.29, 1.82) is 0 Å². The number of imidazole rings is 1. The van der Waals surface area contributed by atoms with Crippen LogP contribution in [0.2, 0.25) is 0 Å². The first-order chi connectivity index (χ1) is 11.1. The Morgan fingerprint density at radius 1 is 1.52 bits per heavy atom. The molecule has 0 aliphatic carbocycles. The van der Waals surface area contributed by atoms with Crippen LogP contribution in [0.5, 0.6) is 0 Å². The molecule has 3 heterocycles. The van der Waals surface area contributed by atoms with E-state index in [1.807, 2.05) is 20.8 Å². The van der Waals surface area contributed by atoms with Gasteiger partial charge in [0.2, 0.25) is 0 Å². The van der Waals surface area contributed by atoms with Crippen molar-refractivity contribution in [3.05, 3.63) is 29.4 Å². The van der Waals surface area contributed by atoms with Gasteiger partial charge in [0.1, 0.15) is 23.4 Å². The lowest BCUT2D eigenvalue weighted by molar-refractivity contribution is -0.0268. The Bertz CT molecular complexity index is 677. The number of H-pyrrole nitrogens is 2. The van der Waals surface area contributed by atoms with Crippen molar-refractivity contribution >= 4 is 5.91 Å². The molecule has 0 bridgehead atoms. The van der Waals surface area contributed by atoms with Gasteiger partial charge in [-0.2, -0.15) is 5.10 Å². The van der Waals surface area contributed by atoms with Gasteiger partial charge in [-0.25, -0.2) is 9.97 Å². The Morgan fingerprint density at radius 3 is 3.00 bits per heavy atom. The number of aromatic amines is 2. The second-order valence-corrected chi connectivity index (χ2v) is 5.94. The topological polar surface area (TPSA) is 99.8 Å². The minimum Gasteiger partial charge on any atom is -0.366 e. The zero-order valence-electron chi connectivity index (χ0n) is 13.7. The van der Waals surface area contributed by atoms with Crippen molar-refractivity contribution in [2.75, 3.05) is 19.7 Å². The first kappa shape index (κ1) is 15.7. The summed E-state index contributed by atoms with van der Waals surface area (Å²) >= 11 is 0. The molecule has 0 radical (unpaired) electrons. The van der Waals surface area contributed by atoms with Crippen LogP contribution in [0.25, 0.3) is 0 Å². The van der Waals surface area contributed by atoms with E-state index >= 15 is 0 Å². The lowest BCUT2D eigenvalue weighted by Gasteiger charge is -2.31. The summed E-state index contributed by atoms with van der Waals surface area (Å²) in [6.45, 7) is 7.54. The molecule has 1 fully saturated rings. The summed E-state index contributed by atoms with van der Waals surface area (Å²) in [5.41, 5.74) is 0.513. The summed E-state index contributed by atoms with van der Waals surface area (Å²) in [4.78, 5) is 26.1. The number of amides is 1. The minimum atomic E-state index is -0.295. The molecule has 2 N–H and O–H groups in total. The van der Waals surface area contributed by atoms with E-state index in [1.54, 1.807) is 11.1 Å². The molecule has 2 aromatic rings. The smallest absolute Gasteiger partial charge is 0.272 e. The number of ether oxygens (including phenoxy) is 1. The number of hydrogen-bond acceptors (Lipinski definition) is 5. The van der Waals surface area contributed by atoms with Gasteiger partial charge in [-0.3, -0.25) is 9.89 Å². The molecule has 23 heavy (non-hydrogen) atoms. The number of nitrogens with one attached hydrogen (secondary N) is 2. The van der Waals surface area contributed by atoms with E-state index in [0.717, 1.165) is 18.1 Å². The van der Waals surface area contributed by atoms with E-state index < -0.39 is 0 Å². The summed E-state index contributed by atoms with van der Waals surface area (Å²) in [7, 11) is 0. The highest BCUT2D eigenvalue weighted by atomic mass is 16.5. The molecule has 1 amide bonds. The highest BCUT2D eigenvalue weighted by molar-refractivity contribution is 5.92. The highest BCUT2D eigenvalue weighted by Gasteiger charge is 2.29. The molecule has 3 rings (SSSR count). The maximum Gasteiger partial charge on any atom is 0.272 e. The summed E-state index contributed by atoms with van der Waals surface area (Å²) in [6, 6.07) is 0. The number of aromatic nitrogens is 5. The predicted molar refractivity (Wildman–Crippen MR) is 83.0 cm³/mol. The third kappa shape index (κ3) is 3.26. The Kier molecular flexibility index (Phi) is 4.42. The first-order valence-electron chi connectivity index (χ1n) is 7.95. The molecule has 0 unspecified atom stereocenters. The standard InChI is InChI=1S/C15H22N6O2/c1-4-12-18-14(20-19-12)11-8-21(5-6-23-11)15(22)10-7-16-13(17-10)9(2)3/h7,9,11H,4-6,8H2,1-3H3,(H,16,17)(H,18,19,20)/t11-/m0/s1. The summed E-state index contributed by atoms with van der Waals surface area (Å²) in [5.74, 6) is 2.44. The predicted octanol–water partition coefficient (Wildman–Crippen LogP) is 1.43. The van der Waals surface area contributed by atoms with Crippen molar-refractivity contribution in [2.24, 2.45) is 0 Å². The lowest BCUT2D eigenvalue weighted by atomic mass is 10.2. The van der Waals surface area contributed by atoms with Crippen LogP contribution in [0.15, 0.2) is 6.20 Å². The van der Waals surface area contributed by atoms with Crippen molar-refractivity contribution in [3.8, 4) is 0 Å². The highest BCUT2D eigenvalue weighted by Crippen LogP contribution is 2.21. The molecule has 1 atom stereocenters. The van der Waals surface area contributed by atoms with Gasteiger partial charge >= 0.3 is 0 Å². The van der Waals surface area contributed by atoms with Gasteiger partial charge in [-0.05, 0) is 0 Å². The largest absolute Gasteiger partial charge is 0.366 e. The maximum absolute atomic E-state index is 12.6. The number of rotatable bonds is 4. The molecule has 8 nitrogen and oxygen atoms in total. The minimum absolute atomic E-state index is 0.0658. The number of hydrogen-bond donors (Lipinski definition) is 2. The number of aryl methyl sites for hydroxylation is 1. The van der Waals surface area contributed by atoms with Crippen LogP contribution in [-0.2, 0) is 11.2 Å². The monoisotopic (exact) mass is 318 g/mol. The first-order valence-corrected chi connectivity index (χ1v) is 7.95. The van der Waals surface area contributed by atoms with Crippen LogP contribution in [-0.4, -0.2) is 55.7 Å². The lowest BCUT2D eigenvalue weighted by Crippen LogP contribution is -2.42. The number of carbonyl (C=O) groups excluding carboxylic acids is 1. The van der Waals surface area contributed by atoms with E-state index in [2.05, 4.69) is 25.1 Å². The molecule has 1 saturated heterocycles. The van der Waals surface area contributed by atoms with E-state index in [-0.39, 0.29) is 17.9 Å². The Hall–Kier alpha value is -2.22. The molecule has 8 heteroatoms. The zero-order chi connectivity index (χ0) is 16.4. The molecular formula is C15H22N6O2. The number of morpholine rings is 1. The molecular weight excluding hydrogens is 296 g/mol. The number of nitrogens with zero attached hydrogens (tertiary/aromatic N) is 4. The second kappa shape index (κ2) is 6.49. The average Bonchev–Trinajstić information content (AvgIpc) is 3.23. The SMILES string of the molecule is CCc1nc([C@@H]2CN(C(=O)c3cnc(C(C)C)[nH]3)CCO2)n[nH]1. The third-order valence-electron chi connectivity index (χ3n) is 3.90. The fraction of sp³-hybridized carbons (Fsp3) is 0.600. The normalized spacial score (nSPS) is 18.6. The Labute approximate surface area is 134 Å². The third-order valence-corrected chi connectivity index (χ3v) is 3.90. The van der Waals surface area contributed by atoms with Crippen LogP contribution in [0, 0.1) is 0 Å². The number of carbonyl (C=O) groups is 1. The zero-order valence-corrected chi connectivity index (χ0v) is 13.7. The van der Waals surface area contributed by atoms with E-state index in [1.165, 1.54) is 0 Å². The quantitative estimate of drug-likeness (QED) is 0.888. The molecule has 0 saturated carbocycles. The van der Waals surface area contributed by atoms with Gasteiger partial charge < -0.3 is 14.6 Å². The van der Waals surface area contributed by atoms with Gasteiger partial charge in [0.25, 0.3) is 5.91 Å². The fourth-order valence-electron chi connectivity index (χ4n) is 2.51. The van der Waals surface area contributed by atoms with Crippen LogP contribution in [0.1, 0.15) is 60.8 Å².